The molecule has 0 aliphatic carbocycles. The number of aromatic nitrogens is 1. The summed E-state index contributed by atoms with van der Waals surface area (Å²) in [5.41, 5.74) is -0.306. The zero-order valence-electron chi connectivity index (χ0n) is 12.1. The third kappa shape index (κ3) is 3.43. The van der Waals surface area contributed by atoms with Gasteiger partial charge in [0, 0.05) is 11.8 Å². The van der Waals surface area contributed by atoms with E-state index in [2.05, 4.69) is 10.3 Å². The lowest BCUT2D eigenvalue weighted by molar-refractivity contribution is 0.0514. The Morgan fingerprint density at radius 2 is 2.24 bits per heavy atom. The molecule has 0 radical (unpaired) electrons. The van der Waals surface area contributed by atoms with Crippen LogP contribution in [0.3, 0.4) is 0 Å². The van der Waals surface area contributed by atoms with Crippen molar-refractivity contribution in [3.63, 3.8) is 0 Å². The van der Waals surface area contributed by atoms with Gasteiger partial charge in [-0.3, -0.25) is 4.79 Å². The van der Waals surface area contributed by atoms with E-state index in [0.29, 0.717) is 17.1 Å². The van der Waals surface area contributed by atoms with Gasteiger partial charge in [-0.05, 0) is 39.0 Å². The average Bonchev–Trinajstić information content (AvgIpc) is 2.76. The Balaban J connectivity index is 2.10. The number of pyridine rings is 1. The van der Waals surface area contributed by atoms with Crippen molar-refractivity contribution in [3.8, 4) is 0 Å². The van der Waals surface area contributed by atoms with Gasteiger partial charge >= 0.3 is 0 Å². The minimum absolute atomic E-state index is 0.0386. The predicted octanol–water partition coefficient (Wildman–Crippen LogP) is 2.58. The fourth-order valence-corrected chi connectivity index (χ4v) is 2.37. The molecule has 1 unspecified atom stereocenters. The van der Waals surface area contributed by atoms with Gasteiger partial charge in [-0.25, -0.2) is 4.98 Å². The SMILES string of the molecule is Cc1cc(C(C)(O)CNC(=O)c2cccnc2Cl)c(C)o1. The van der Waals surface area contributed by atoms with E-state index in [1.54, 1.807) is 39.0 Å². The molecule has 0 saturated carbocycles. The number of hydrogen-bond acceptors (Lipinski definition) is 4. The van der Waals surface area contributed by atoms with Crippen molar-refractivity contribution in [3.05, 3.63) is 52.2 Å². The maximum Gasteiger partial charge on any atom is 0.254 e. The van der Waals surface area contributed by atoms with Crippen LogP contribution in [-0.4, -0.2) is 22.5 Å². The molecular formula is C15H17ClN2O3. The number of nitrogens with zero attached hydrogens (tertiary/aromatic N) is 1. The Hall–Kier alpha value is -1.85. The fourth-order valence-electron chi connectivity index (χ4n) is 2.16. The molecule has 0 saturated heterocycles. The largest absolute Gasteiger partial charge is 0.466 e. The molecule has 0 fully saturated rings. The van der Waals surface area contributed by atoms with Gasteiger partial charge in [-0.1, -0.05) is 11.6 Å². The molecule has 2 heterocycles. The van der Waals surface area contributed by atoms with Crippen LogP contribution in [0.5, 0.6) is 0 Å². The number of carbonyl (C=O) groups excluding carboxylic acids is 1. The van der Waals surface area contributed by atoms with Gasteiger partial charge < -0.3 is 14.8 Å². The van der Waals surface area contributed by atoms with Crippen molar-refractivity contribution in [1.29, 1.82) is 0 Å². The Labute approximate surface area is 128 Å². The number of aliphatic hydroxyl groups is 1. The number of amides is 1. The number of carbonyl (C=O) groups is 1. The summed E-state index contributed by atoms with van der Waals surface area (Å²) in [6.45, 7) is 5.24. The zero-order chi connectivity index (χ0) is 15.6. The topological polar surface area (TPSA) is 75.4 Å². The second-order valence-corrected chi connectivity index (χ2v) is 5.48. The summed E-state index contributed by atoms with van der Waals surface area (Å²) in [4.78, 5) is 15.9. The van der Waals surface area contributed by atoms with Gasteiger partial charge in [0.25, 0.3) is 5.91 Å². The highest BCUT2D eigenvalue weighted by molar-refractivity contribution is 6.32. The van der Waals surface area contributed by atoms with Gasteiger partial charge in [-0.2, -0.15) is 0 Å². The Kier molecular flexibility index (Phi) is 4.34. The zero-order valence-corrected chi connectivity index (χ0v) is 12.9. The highest BCUT2D eigenvalue weighted by atomic mass is 35.5. The van der Waals surface area contributed by atoms with Crippen LogP contribution >= 0.6 is 11.6 Å². The lowest BCUT2D eigenvalue weighted by atomic mass is 9.96. The van der Waals surface area contributed by atoms with Gasteiger partial charge in [0.15, 0.2) is 0 Å². The smallest absolute Gasteiger partial charge is 0.254 e. The van der Waals surface area contributed by atoms with Gasteiger partial charge in [-0.15, -0.1) is 0 Å². The highest BCUT2D eigenvalue weighted by Gasteiger charge is 2.28. The highest BCUT2D eigenvalue weighted by Crippen LogP contribution is 2.26. The van der Waals surface area contributed by atoms with Crippen molar-refractivity contribution >= 4 is 17.5 Å². The van der Waals surface area contributed by atoms with E-state index in [4.69, 9.17) is 16.0 Å². The molecule has 0 aromatic carbocycles. The number of furan rings is 1. The Morgan fingerprint density at radius 1 is 1.52 bits per heavy atom. The molecule has 6 heteroatoms. The van der Waals surface area contributed by atoms with Gasteiger partial charge in [0.05, 0.1) is 12.1 Å². The normalized spacial score (nSPS) is 13.8. The molecule has 0 bridgehead atoms. The van der Waals surface area contributed by atoms with E-state index in [0.717, 1.165) is 0 Å². The van der Waals surface area contributed by atoms with Crippen LogP contribution in [0.4, 0.5) is 0 Å². The molecule has 0 aliphatic heterocycles. The van der Waals surface area contributed by atoms with E-state index in [1.807, 2.05) is 0 Å². The molecule has 2 N–H and O–H groups in total. The van der Waals surface area contributed by atoms with E-state index >= 15 is 0 Å². The third-order valence-corrected chi connectivity index (χ3v) is 3.52. The lowest BCUT2D eigenvalue weighted by Gasteiger charge is -2.23. The monoisotopic (exact) mass is 308 g/mol. The molecule has 2 aromatic heterocycles. The first-order valence-corrected chi connectivity index (χ1v) is 6.87. The molecule has 0 aliphatic rings. The van der Waals surface area contributed by atoms with Crippen molar-refractivity contribution in [2.24, 2.45) is 0 Å². The van der Waals surface area contributed by atoms with Crippen LogP contribution in [0.1, 0.15) is 34.4 Å². The van der Waals surface area contributed by atoms with E-state index < -0.39 is 5.60 Å². The lowest BCUT2D eigenvalue weighted by Crippen LogP contribution is -2.38. The van der Waals surface area contributed by atoms with Crippen LogP contribution in [0.2, 0.25) is 5.15 Å². The van der Waals surface area contributed by atoms with E-state index in [-0.39, 0.29) is 23.2 Å². The van der Waals surface area contributed by atoms with E-state index in [9.17, 15) is 9.90 Å². The number of rotatable bonds is 4. The quantitative estimate of drug-likeness (QED) is 0.851. The van der Waals surface area contributed by atoms with Crippen molar-refractivity contribution in [1.82, 2.24) is 10.3 Å². The summed E-state index contributed by atoms with van der Waals surface area (Å²) < 4.78 is 5.41. The maximum atomic E-state index is 12.1. The molecular weight excluding hydrogens is 292 g/mol. The Morgan fingerprint density at radius 3 is 2.81 bits per heavy atom. The minimum atomic E-state index is -1.23. The minimum Gasteiger partial charge on any atom is -0.466 e. The van der Waals surface area contributed by atoms with Crippen molar-refractivity contribution < 1.29 is 14.3 Å². The first kappa shape index (κ1) is 15.5. The van der Waals surface area contributed by atoms with Crippen LogP contribution < -0.4 is 5.32 Å². The standard InChI is InChI=1S/C15H17ClN2O3/c1-9-7-12(10(2)21-9)15(3,20)8-18-14(19)11-5-4-6-17-13(11)16/h4-7,20H,8H2,1-3H3,(H,18,19). The summed E-state index contributed by atoms with van der Waals surface area (Å²) in [5, 5.41) is 13.3. The van der Waals surface area contributed by atoms with Crippen molar-refractivity contribution in [2.75, 3.05) is 6.54 Å². The molecule has 112 valence electrons. The van der Waals surface area contributed by atoms with Crippen LogP contribution in [0.15, 0.2) is 28.8 Å². The van der Waals surface area contributed by atoms with Crippen LogP contribution in [0.25, 0.3) is 0 Å². The average molecular weight is 309 g/mol. The van der Waals surface area contributed by atoms with E-state index in [1.165, 1.54) is 6.20 Å². The molecule has 5 nitrogen and oxygen atoms in total. The second kappa shape index (κ2) is 5.87. The predicted molar refractivity (Wildman–Crippen MR) is 79.3 cm³/mol. The molecule has 1 amide bonds. The van der Waals surface area contributed by atoms with Gasteiger partial charge in [0.2, 0.25) is 0 Å². The van der Waals surface area contributed by atoms with Crippen LogP contribution in [0, 0.1) is 13.8 Å². The number of halogens is 1. The first-order chi connectivity index (χ1) is 9.81. The first-order valence-electron chi connectivity index (χ1n) is 6.50. The summed E-state index contributed by atoms with van der Waals surface area (Å²) in [7, 11) is 0. The second-order valence-electron chi connectivity index (χ2n) is 5.13. The Bertz CT molecular complexity index is 665. The molecule has 2 rings (SSSR count). The van der Waals surface area contributed by atoms with Gasteiger partial charge in [0.1, 0.15) is 22.3 Å². The maximum absolute atomic E-state index is 12.1. The fraction of sp³-hybridized carbons (Fsp3) is 0.333. The number of nitrogens with one attached hydrogen (secondary N) is 1. The summed E-state index contributed by atoms with van der Waals surface area (Å²) in [6, 6.07) is 4.97. The van der Waals surface area contributed by atoms with Crippen molar-refractivity contribution in [2.45, 2.75) is 26.4 Å². The summed E-state index contributed by atoms with van der Waals surface area (Å²) in [5.74, 6) is 0.960. The van der Waals surface area contributed by atoms with Crippen LogP contribution in [-0.2, 0) is 5.60 Å². The molecule has 2 aromatic rings. The third-order valence-electron chi connectivity index (χ3n) is 3.22. The summed E-state index contributed by atoms with van der Waals surface area (Å²) in [6.07, 6.45) is 1.51. The summed E-state index contributed by atoms with van der Waals surface area (Å²) >= 11 is 5.87. The molecule has 21 heavy (non-hydrogen) atoms. The molecule has 1 atom stereocenters. The number of aryl methyl sites for hydroxylation is 2. The molecule has 0 spiro atoms. The number of hydrogen-bond donors (Lipinski definition) is 2.